The van der Waals surface area contributed by atoms with Gasteiger partial charge in [-0.2, -0.15) is 10.1 Å². The maximum absolute atomic E-state index is 12.4. The van der Waals surface area contributed by atoms with Crippen LogP contribution in [-0.4, -0.2) is 92.9 Å². The van der Waals surface area contributed by atoms with Crippen molar-refractivity contribution < 1.29 is 28.9 Å². The van der Waals surface area contributed by atoms with E-state index in [-0.39, 0.29) is 30.0 Å². The number of hydrogen-bond donors (Lipinski definition) is 2. The van der Waals surface area contributed by atoms with E-state index in [1.807, 2.05) is 26.8 Å². The average Bonchev–Trinajstić information content (AvgIpc) is 3.18. The first kappa shape index (κ1) is 27.2. The molecule has 1 saturated heterocycles. The minimum absolute atomic E-state index is 0.131. The number of carbonyl (C=O) groups excluding carboxylic acids is 2. The monoisotopic (exact) mass is 592 g/mol. The molecule has 0 radical (unpaired) electrons. The summed E-state index contributed by atoms with van der Waals surface area (Å²) in [6.07, 6.45) is 0.644. The number of pyridine rings is 1. The minimum Gasteiger partial charge on any atom is -0.495 e. The zero-order valence-corrected chi connectivity index (χ0v) is 23.3. The third kappa shape index (κ3) is 5.98. The lowest BCUT2D eigenvalue weighted by Crippen LogP contribution is -2.50. The fourth-order valence-electron chi connectivity index (χ4n) is 3.89. The van der Waals surface area contributed by atoms with Gasteiger partial charge in [0.2, 0.25) is 11.8 Å². The van der Waals surface area contributed by atoms with Gasteiger partial charge in [-0.25, -0.2) is 14.6 Å². The second kappa shape index (κ2) is 10.8. The second-order valence-corrected chi connectivity index (χ2v) is 10.2. The first-order valence-corrected chi connectivity index (χ1v) is 12.5. The number of hydrogen-bond acceptors (Lipinski definition) is 11. The largest absolute Gasteiger partial charge is 0.495 e. The summed E-state index contributed by atoms with van der Waals surface area (Å²) in [4.78, 5) is 40.4. The second-order valence-electron chi connectivity index (χ2n) is 9.43. The molecule has 0 aromatic carbocycles. The summed E-state index contributed by atoms with van der Waals surface area (Å²) in [5.74, 6) is 0.0215. The van der Waals surface area contributed by atoms with Crippen LogP contribution in [0.25, 0.3) is 11.0 Å². The minimum atomic E-state index is -0.771. The van der Waals surface area contributed by atoms with E-state index in [1.54, 1.807) is 18.2 Å². The van der Waals surface area contributed by atoms with Crippen molar-refractivity contribution in [2.75, 3.05) is 50.6 Å². The molecule has 1 aliphatic heterocycles. The maximum Gasteiger partial charge on any atom is 0.413 e. The topological polar surface area (TPSA) is 157 Å². The summed E-state index contributed by atoms with van der Waals surface area (Å²) < 4.78 is 17.4. The highest BCUT2D eigenvalue weighted by atomic mass is 79.9. The van der Waals surface area contributed by atoms with Crippen molar-refractivity contribution in [1.29, 1.82) is 0 Å². The van der Waals surface area contributed by atoms with Crippen LogP contribution in [0.5, 0.6) is 11.6 Å². The van der Waals surface area contributed by atoms with Crippen LogP contribution in [-0.2, 0) is 16.0 Å². The van der Waals surface area contributed by atoms with Crippen molar-refractivity contribution in [3.63, 3.8) is 0 Å². The van der Waals surface area contributed by atoms with Gasteiger partial charge in [0.15, 0.2) is 10.1 Å². The number of carbonyl (C=O) groups is 2. The number of nitrogens with one attached hydrogen (secondary N) is 1. The molecule has 2 N–H and O–H groups in total. The zero-order valence-electron chi connectivity index (χ0n) is 21.7. The molecule has 3 aromatic rings. The first-order valence-electron chi connectivity index (χ1n) is 11.7. The van der Waals surface area contributed by atoms with Crippen LogP contribution in [0.1, 0.15) is 26.5 Å². The fraction of sp³-hybridized carbons (Fsp3) is 0.478. The number of piperazine rings is 1. The third-order valence-electron chi connectivity index (χ3n) is 5.66. The molecular weight excluding hydrogens is 564 g/mol. The number of nitrogens with zero attached hydrogens (tertiary/aromatic N) is 7. The maximum atomic E-state index is 12.4. The van der Waals surface area contributed by atoms with Gasteiger partial charge in [0.05, 0.1) is 32.6 Å². The molecule has 38 heavy (non-hydrogen) atoms. The Bertz CT molecular complexity index is 1350. The molecule has 15 heteroatoms. The summed E-state index contributed by atoms with van der Waals surface area (Å²) in [5, 5.41) is 17.3. The molecule has 4 heterocycles. The Morgan fingerprint density at radius 2 is 1.87 bits per heavy atom. The van der Waals surface area contributed by atoms with Crippen LogP contribution in [0, 0.1) is 0 Å². The quantitative estimate of drug-likeness (QED) is 0.448. The van der Waals surface area contributed by atoms with Gasteiger partial charge in [0, 0.05) is 32.2 Å². The number of fused-ring (bicyclic) bond motifs is 1. The highest BCUT2D eigenvalue weighted by Gasteiger charge is 2.27. The summed E-state index contributed by atoms with van der Waals surface area (Å²) >= 11 is 3.34. The Morgan fingerprint density at radius 1 is 1.16 bits per heavy atom. The van der Waals surface area contributed by atoms with E-state index < -0.39 is 11.7 Å². The lowest BCUT2D eigenvalue weighted by Gasteiger charge is -2.36. The van der Waals surface area contributed by atoms with Crippen LogP contribution < -0.4 is 15.0 Å². The number of amides is 2. The van der Waals surface area contributed by atoms with Crippen molar-refractivity contribution in [2.24, 2.45) is 0 Å². The van der Waals surface area contributed by atoms with Crippen molar-refractivity contribution in [1.82, 2.24) is 29.6 Å². The van der Waals surface area contributed by atoms with E-state index >= 15 is 0 Å². The molecular formula is C23H29BrN8O6. The molecule has 0 aliphatic carbocycles. The van der Waals surface area contributed by atoms with Gasteiger partial charge in [-0.05, 0) is 36.7 Å². The smallest absolute Gasteiger partial charge is 0.413 e. The van der Waals surface area contributed by atoms with Gasteiger partial charge in [0.1, 0.15) is 22.6 Å². The number of ether oxygens (including phenoxy) is 3. The Labute approximate surface area is 227 Å². The van der Waals surface area contributed by atoms with Crippen LogP contribution in [0.3, 0.4) is 0 Å². The summed E-state index contributed by atoms with van der Waals surface area (Å²) in [7, 11) is 2.75. The molecule has 0 bridgehead atoms. The number of rotatable bonds is 5. The molecule has 1 fully saturated rings. The molecule has 14 nitrogen and oxygen atoms in total. The van der Waals surface area contributed by atoms with Gasteiger partial charge >= 0.3 is 12.2 Å². The Morgan fingerprint density at radius 3 is 2.50 bits per heavy atom. The summed E-state index contributed by atoms with van der Waals surface area (Å²) in [6.45, 7) is 7.98. The molecule has 3 aromatic heterocycles. The third-order valence-corrected chi connectivity index (χ3v) is 6.19. The number of anilines is 2. The first-order chi connectivity index (χ1) is 18.0. The zero-order chi connectivity index (χ0) is 27.6. The van der Waals surface area contributed by atoms with Crippen LogP contribution in [0.15, 0.2) is 16.9 Å². The van der Waals surface area contributed by atoms with E-state index in [0.29, 0.717) is 47.7 Å². The standard InChI is InChI=1S/C23H29BrN8O6/c1-23(2,3)38-22(35)31-8-6-30(7-9-31)13-10-15(36-4)14(25-11-13)12-32-17-16(18(24)29-32)26-20(27-19(17)33)28-21(34)37-5/h10-11H,6-9,12H2,1-5H3,(H2,26,27,28,33,34). The van der Waals surface area contributed by atoms with Gasteiger partial charge in [-0.1, -0.05) is 0 Å². The molecule has 4 rings (SSSR count). The summed E-state index contributed by atoms with van der Waals surface area (Å²) in [5.41, 5.74) is 1.42. The highest BCUT2D eigenvalue weighted by molar-refractivity contribution is 9.10. The van der Waals surface area contributed by atoms with E-state index in [4.69, 9.17) is 9.47 Å². The van der Waals surface area contributed by atoms with E-state index in [2.05, 4.69) is 50.9 Å². The molecule has 2 amide bonds. The predicted molar refractivity (Wildman–Crippen MR) is 141 cm³/mol. The Kier molecular flexibility index (Phi) is 7.76. The number of halogens is 1. The van der Waals surface area contributed by atoms with E-state index in [1.165, 1.54) is 11.8 Å². The van der Waals surface area contributed by atoms with Crippen molar-refractivity contribution in [2.45, 2.75) is 32.9 Å². The van der Waals surface area contributed by atoms with Crippen LogP contribution >= 0.6 is 15.9 Å². The van der Waals surface area contributed by atoms with Gasteiger partial charge in [-0.3, -0.25) is 15.0 Å². The predicted octanol–water partition coefficient (Wildman–Crippen LogP) is 2.98. The molecule has 0 spiro atoms. The van der Waals surface area contributed by atoms with Crippen molar-refractivity contribution in [3.05, 3.63) is 22.6 Å². The fourth-order valence-corrected chi connectivity index (χ4v) is 4.35. The van der Waals surface area contributed by atoms with Crippen LogP contribution in [0.2, 0.25) is 0 Å². The number of aromatic hydroxyl groups is 1. The lowest BCUT2D eigenvalue weighted by atomic mass is 10.2. The normalized spacial score (nSPS) is 13.9. The van der Waals surface area contributed by atoms with Gasteiger partial charge in [-0.15, -0.1) is 0 Å². The SMILES string of the molecule is COC(=O)Nc1nc(O)c2c(n1)c(Br)nn2Cc1ncc(N2CCN(C(=O)OC(C)(C)C)CC2)cc1OC. The Hall–Kier alpha value is -3.88. The van der Waals surface area contributed by atoms with E-state index in [0.717, 1.165) is 5.69 Å². The molecule has 1 aliphatic rings. The highest BCUT2D eigenvalue weighted by Crippen LogP contribution is 2.31. The van der Waals surface area contributed by atoms with Crippen molar-refractivity contribution >= 4 is 50.8 Å². The average molecular weight is 593 g/mol. The number of methoxy groups -OCH3 is 2. The van der Waals surface area contributed by atoms with E-state index in [9.17, 15) is 14.7 Å². The molecule has 0 saturated carbocycles. The van der Waals surface area contributed by atoms with Crippen LogP contribution in [0.4, 0.5) is 21.2 Å². The molecule has 0 atom stereocenters. The number of aromatic nitrogens is 5. The molecule has 0 unspecified atom stereocenters. The summed E-state index contributed by atoms with van der Waals surface area (Å²) in [6, 6.07) is 1.88. The van der Waals surface area contributed by atoms with Gasteiger partial charge in [0.25, 0.3) is 0 Å². The lowest BCUT2D eigenvalue weighted by molar-refractivity contribution is 0.0240. The van der Waals surface area contributed by atoms with Crippen molar-refractivity contribution in [3.8, 4) is 11.6 Å². The van der Waals surface area contributed by atoms with Gasteiger partial charge < -0.3 is 29.1 Å². The Balaban J connectivity index is 1.51. The molecule has 204 valence electrons.